The Labute approximate surface area is 179 Å². The number of fused-ring (bicyclic) bond motifs is 1. The number of nitrogens with zero attached hydrogens (tertiary/aromatic N) is 5. The molecule has 0 aliphatic carbocycles. The monoisotopic (exact) mass is 428 g/mol. The van der Waals surface area contributed by atoms with Gasteiger partial charge in [-0.15, -0.1) is 5.10 Å². The summed E-state index contributed by atoms with van der Waals surface area (Å²) in [5, 5.41) is 7.98. The lowest BCUT2D eigenvalue weighted by Gasteiger charge is -2.30. The Morgan fingerprint density at radius 1 is 1.20 bits per heavy atom. The number of rotatable bonds is 5. The highest BCUT2D eigenvalue weighted by atomic mass is 32.2. The third-order valence-corrected chi connectivity index (χ3v) is 6.02. The van der Waals surface area contributed by atoms with E-state index in [0.717, 1.165) is 48.6 Å². The molecular weight excluding hydrogens is 403 g/mol. The fourth-order valence-corrected chi connectivity index (χ4v) is 4.24. The summed E-state index contributed by atoms with van der Waals surface area (Å²) < 4.78 is 15.6. The zero-order valence-electron chi connectivity index (χ0n) is 17.4. The van der Waals surface area contributed by atoms with E-state index in [9.17, 15) is 9.18 Å². The largest absolute Gasteiger partial charge is 0.370 e. The predicted octanol–water partition coefficient (Wildman–Crippen LogP) is 3.77. The second-order valence-electron chi connectivity index (χ2n) is 7.51. The summed E-state index contributed by atoms with van der Waals surface area (Å²) in [5.41, 5.74) is 3.75. The van der Waals surface area contributed by atoms with Crippen molar-refractivity contribution in [1.82, 2.24) is 19.6 Å². The van der Waals surface area contributed by atoms with Crippen LogP contribution in [0, 0.1) is 19.7 Å². The van der Waals surface area contributed by atoms with Crippen LogP contribution in [0.3, 0.4) is 0 Å². The first-order chi connectivity index (χ1) is 14.5. The molecule has 0 bridgehead atoms. The van der Waals surface area contributed by atoms with E-state index in [1.165, 1.54) is 30.3 Å². The van der Waals surface area contributed by atoms with Crippen molar-refractivity contribution in [2.75, 3.05) is 29.6 Å². The Morgan fingerprint density at radius 3 is 2.70 bits per heavy atom. The molecule has 0 unspecified atom stereocenters. The number of thioether (sulfide) groups is 1. The number of hydrogen-bond acceptors (Lipinski definition) is 6. The van der Waals surface area contributed by atoms with Crippen LogP contribution in [-0.2, 0) is 11.2 Å². The number of amides is 1. The molecule has 30 heavy (non-hydrogen) atoms. The average Bonchev–Trinajstić information content (AvgIpc) is 3.15. The minimum absolute atomic E-state index is 0.130. The number of carbonyl (C=O) groups is 1. The predicted molar refractivity (Wildman–Crippen MR) is 117 cm³/mol. The van der Waals surface area contributed by atoms with Gasteiger partial charge in [0.25, 0.3) is 5.78 Å². The third-order valence-electron chi connectivity index (χ3n) is 5.48. The molecule has 9 heteroatoms. The highest BCUT2D eigenvalue weighted by Gasteiger charge is 2.19. The molecule has 1 aliphatic heterocycles. The molecule has 1 fully saturated rings. The molecule has 0 saturated carbocycles. The SMILES string of the molecule is CSc1nc2nc(C)c(CC(=O)Nc3cc(F)ccc3N3CCCCC3)c(C)n2n1. The maximum Gasteiger partial charge on any atom is 0.253 e. The summed E-state index contributed by atoms with van der Waals surface area (Å²) >= 11 is 1.44. The Hall–Kier alpha value is -2.68. The number of nitrogens with one attached hydrogen (secondary N) is 1. The Kier molecular flexibility index (Phi) is 5.90. The fraction of sp³-hybridized carbons (Fsp3) is 0.429. The van der Waals surface area contributed by atoms with Gasteiger partial charge in [-0.05, 0) is 57.6 Å². The van der Waals surface area contributed by atoms with Crippen molar-refractivity contribution in [3.05, 3.63) is 41.0 Å². The molecule has 1 aromatic carbocycles. The number of anilines is 2. The Balaban J connectivity index is 1.59. The van der Waals surface area contributed by atoms with Gasteiger partial charge in [-0.1, -0.05) is 11.8 Å². The molecule has 2 aromatic heterocycles. The number of piperidine rings is 1. The molecular formula is C21H25FN6OS. The van der Waals surface area contributed by atoms with Gasteiger partial charge in [0.15, 0.2) is 0 Å². The lowest BCUT2D eigenvalue weighted by Crippen LogP contribution is -2.30. The summed E-state index contributed by atoms with van der Waals surface area (Å²) in [5.74, 6) is -0.0545. The lowest BCUT2D eigenvalue weighted by atomic mass is 10.1. The van der Waals surface area contributed by atoms with E-state index in [-0.39, 0.29) is 18.1 Å². The van der Waals surface area contributed by atoms with Crippen LogP contribution in [0.2, 0.25) is 0 Å². The zero-order chi connectivity index (χ0) is 21.3. The van der Waals surface area contributed by atoms with Crippen molar-refractivity contribution in [2.45, 2.75) is 44.7 Å². The standard InChI is InChI=1S/C21H25FN6OS/c1-13-16(14(2)28-20(23-13)25-21(26-28)30-3)12-19(29)24-17-11-15(22)7-8-18(17)27-9-5-4-6-10-27/h7-8,11H,4-6,9-10,12H2,1-3H3,(H,24,29). The van der Waals surface area contributed by atoms with Crippen molar-refractivity contribution in [3.63, 3.8) is 0 Å². The number of halogens is 1. The summed E-state index contributed by atoms with van der Waals surface area (Å²) in [7, 11) is 0. The average molecular weight is 429 g/mol. The van der Waals surface area contributed by atoms with Crippen LogP contribution in [-0.4, -0.2) is 44.8 Å². The van der Waals surface area contributed by atoms with Gasteiger partial charge in [-0.25, -0.2) is 13.9 Å². The molecule has 1 aliphatic rings. The fourth-order valence-electron chi connectivity index (χ4n) is 3.91. The van der Waals surface area contributed by atoms with Crippen LogP contribution in [0.5, 0.6) is 0 Å². The number of aryl methyl sites for hydroxylation is 2. The molecule has 1 N–H and O–H groups in total. The van der Waals surface area contributed by atoms with Crippen molar-refractivity contribution in [1.29, 1.82) is 0 Å². The second kappa shape index (κ2) is 8.59. The van der Waals surface area contributed by atoms with Crippen molar-refractivity contribution < 1.29 is 9.18 Å². The number of carbonyl (C=O) groups excluding carboxylic acids is 1. The van der Waals surface area contributed by atoms with E-state index >= 15 is 0 Å². The molecule has 1 saturated heterocycles. The minimum atomic E-state index is -0.367. The molecule has 4 rings (SSSR count). The van der Waals surface area contributed by atoms with Gasteiger partial charge in [-0.2, -0.15) is 4.98 Å². The summed E-state index contributed by atoms with van der Waals surface area (Å²) in [6, 6.07) is 4.59. The molecule has 158 valence electrons. The maximum absolute atomic E-state index is 13.9. The Morgan fingerprint density at radius 2 is 1.97 bits per heavy atom. The smallest absolute Gasteiger partial charge is 0.253 e. The summed E-state index contributed by atoms with van der Waals surface area (Å²) in [6.07, 6.45) is 5.44. The first-order valence-corrected chi connectivity index (χ1v) is 11.3. The molecule has 0 atom stereocenters. The van der Waals surface area contributed by atoms with Crippen molar-refractivity contribution >= 4 is 34.8 Å². The van der Waals surface area contributed by atoms with Crippen LogP contribution < -0.4 is 10.2 Å². The van der Waals surface area contributed by atoms with Crippen molar-refractivity contribution in [2.24, 2.45) is 0 Å². The van der Waals surface area contributed by atoms with Crippen LogP contribution in [0.15, 0.2) is 23.4 Å². The number of hydrogen-bond donors (Lipinski definition) is 1. The number of benzene rings is 1. The first-order valence-electron chi connectivity index (χ1n) is 10.1. The Bertz CT molecular complexity index is 1090. The van der Waals surface area contributed by atoms with Gasteiger partial charge in [0, 0.05) is 30.0 Å². The van der Waals surface area contributed by atoms with E-state index in [1.54, 1.807) is 10.6 Å². The highest BCUT2D eigenvalue weighted by molar-refractivity contribution is 7.98. The van der Waals surface area contributed by atoms with Crippen LogP contribution in [0.25, 0.3) is 5.78 Å². The van der Waals surface area contributed by atoms with E-state index in [2.05, 4.69) is 25.3 Å². The van der Waals surface area contributed by atoms with Gasteiger partial charge in [0.2, 0.25) is 11.1 Å². The summed E-state index contributed by atoms with van der Waals surface area (Å²) in [4.78, 5) is 24.0. The zero-order valence-corrected chi connectivity index (χ0v) is 18.2. The number of aromatic nitrogens is 4. The van der Waals surface area contributed by atoms with E-state index in [4.69, 9.17) is 0 Å². The van der Waals surface area contributed by atoms with E-state index in [1.807, 2.05) is 20.1 Å². The van der Waals surface area contributed by atoms with Crippen molar-refractivity contribution in [3.8, 4) is 0 Å². The van der Waals surface area contributed by atoms with Gasteiger partial charge in [0.05, 0.1) is 17.8 Å². The van der Waals surface area contributed by atoms with Gasteiger partial charge < -0.3 is 10.2 Å². The third kappa shape index (κ3) is 4.12. The second-order valence-corrected chi connectivity index (χ2v) is 8.28. The van der Waals surface area contributed by atoms with Gasteiger partial charge >= 0.3 is 0 Å². The normalized spacial score (nSPS) is 14.3. The summed E-state index contributed by atoms with van der Waals surface area (Å²) in [6.45, 7) is 5.60. The molecule has 0 radical (unpaired) electrons. The van der Waals surface area contributed by atoms with Gasteiger partial charge in [-0.3, -0.25) is 4.79 Å². The van der Waals surface area contributed by atoms with E-state index < -0.39 is 0 Å². The van der Waals surface area contributed by atoms with Crippen LogP contribution >= 0.6 is 11.8 Å². The maximum atomic E-state index is 13.9. The van der Waals surface area contributed by atoms with Crippen LogP contribution in [0.1, 0.15) is 36.2 Å². The molecule has 3 heterocycles. The molecule has 0 spiro atoms. The van der Waals surface area contributed by atoms with Gasteiger partial charge in [0.1, 0.15) is 5.82 Å². The lowest BCUT2D eigenvalue weighted by molar-refractivity contribution is -0.115. The first kappa shape index (κ1) is 20.6. The molecule has 1 amide bonds. The minimum Gasteiger partial charge on any atom is -0.370 e. The van der Waals surface area contributed by atoms with Crippen LogP contribution in [0.4, 0.5) is 15.8 Å². The molecule has 7 nitrogen and oxygen atoms in total. The topological polar surface area (TPSA) is 75.4 Å². The quantitative estimate of drug-likeness (QED) is 0.624. The highest BCUT2D eigenvalue weighted by Crippen LogP contribution is 2.29. The molecule has 3 aromatic rings. The van der Waals surface area contributed by atoms with E-state index in [0.29, 0.717) is 16.6 Å².